The molecule has 0 radical (unpaired) electrons. The largest absolute Gasteiger partial charge is 0.493 e. The fourth-order valence-electron chi connectivity index (χ4n) is 3.77. The van der Waals surface area contributed by atoms with Crippen LogP contribution in [0.15, 0.2) is 29.5 Å². The number of nitrogens with zero attached hydrogens (tertiary/aromatic N) is 1. The fraction of sp³-hybridized carbons (Fsp3) is 0.450. The van der Waals surface area contributed by atoms with Crippen LogP contribution in [-0.2, 0) is 9.53 Å². The maximum absolute atomic E-state index is 12.9. The summed E-state index contributed by atoms with van der Waals surface area (Å²) in [5, 5.41) is 17.8. The standard InChI is InChI=1S/C20H22N2O4/c1-20(2)8-13(23)18-16(9-20)26-19(22)12(10-21)17(18)11-5-6-14(24-3)15(7-11)25-4/h5-7,12,17,22H,8-9H2,1-4H3. The van der Waals surface area contributed by atoms with Crippen LogP contribution < -0.4 is 9.47 Å². The van der Waals surface area contributed by atoms with E-state index in [2.05, 4.69) is 6.07 Å². The monoisotopic (exact) mass is 354 g/mol. The molecule has 0 spiro atoms. The van der Waals surface area contributed by atoms with Crippen molar-refractivity contribution in [3.05, 3.63) is 35.1 Å². The van der Waals surface area contributed by atoms with Crippen LogP contribution in [0.3, 0.4) is 0 Å². The number of nitriles is 1. The van der Waals surface area contributed by atoms with E-state index in [-0.39, 0.29) is 17.1 Å². The first kappa shape index (κ1) is 18.0. The van der Waals surface area contributed by atoms with Crippen molar-refractivity contribution in [1.82, 2.24) is 0 Å². The Morgan fingerprint density at radius 3 is 2.54 bits per heavy atom. The quantitative estimate of drug-likeness (QED) is 0.895. The highest BCUT2D eigenvalue weighted by molar-refractivity contribution is 6.01. The second-order valence-electron chi connectivity index (χ2n) is 7.44. The molecule has 0 saturated carbocycles. The molecule has 0 bridgehead atoms. The van der Waals surface area contributed by atoms with E-state index in [9.17, 15) is 10.1 Å². The lowest BCUT2D eigenvalue weighted by molar-refractivity contribution is -0.119. The molecule has 26 heavy (non-hydrogen) atoms. The minimum Gasteiger partial charge on any atom is -0.493 e. The van der Waals surface area contributed by atoms with E-state index in [1.807, 2.05) is 19.9 Å². The predicted octanol–water partition coefficient (Wildman–Crippen LogP) is 3.58. The molecule has 2 aliphatic rings. The lowest BCUT2D eigenvalue weighted by atomic mass is 9.68. The zero-order chi connectivity index (χ0) is 19.1. The van der Waals surface area contributed by atoms with Crippen molar-refractivity contribution in [3.63, 3.8) is 0 Å². The number of ether oxygens (including phenoxy) is 3. The highest BCUT2D eigenvalue weighted by Crippen LogP contribution is 2.48. The molecular weight excluding hydrogens is 332 g/mol. The number of allylic oxidation sites excluding steroid dienone is 2. The molecule has 2 atom stereocenters. The molecule has 1 aromatic carbocycles. The van der Waals surface area contributed by atoms with Crippen molar-refractivity contribution in [2.24, 2.45) is 11.3 Å². The van der Waals surface area contributed by atoms with E-state index >= 15 is 0 Å². The number of carbonyl (C=O) groups excluding carboxylic acids is 1. The van der Waals surface area contributed by atoms with Crippen molar-refractivity contribution >= 4 is 11.7 Å². The Labute approximate surface area is 152 Å². The number of methoxy groups -OCH3 is 2. The van der Waals surface area contributed by atoms with E-state index in [4.69, 9.17) is 19.6 Å². The van der Waals surface area contributed by atoms with E-state index in [1.165, 1.54) is 7.11 Å². The van der Waals surface area contributed by atoms with Crippen LogP contribution >= 0.6 is 0 Å². The SMILES string of the molecule is COc1ccc(C2C3=C(CC(C)(C)CC3=O)OC(=N)C2C#N)cc1OC. The van der Waals surface area contributed by atoms with Gasteiger partial charge in [0.05, 0.1) is 20.3 Å². The number of hydrogen-bond donors (Lipinski definition) is 1. The molecule has 6 heteroatoms. The topological polar surface area (TPSA) is 92.4 Å². The van der Waals surface area contributed by atoms with Gasteiger partial charge in [-0.2, -0.15) is 5.26 Å². The van der Waals surface area contributed by atoms with Gasteiger partial charge in [-0.25, -0.2) is 0 Å². The van der Waals surface area contributed by atoms with Gasteiger partial charge in [-0.15, -0.1) is 0 Å². The average molecular weight is 354 g/mol. The fourth-order valence-corrected chi connectivity index (χ4v) is 3.77. The van der Waals surface area contributed by atoms with Gasteiger partial charge < -0.3 is 14.2 Å². The van der Waals surface area contributed by atoms with E-state index in [0.29, 0.717) is 35.7 Å². The van der Waals surface area contributed by atoms with Crippen molar-refractivity contribution < 1.29 is 19.0 Å². The molecule has 1 aliphatic heterocycles. The Kier molecular flexibility index (Phi) is 4.49. The van der Waals surface area contributed by atoms with Crippen LogP contribution in [0.1, 0.15) is 38.2 Å². The van der Waals surface area contributed by atoms with Gasteiger partial charge in [-0.05, 0) is 23.1 Å². The third kappa shape index (κ3) is 2.94. The average Bonchev–Trinajstić information content (AvgIpc) is 2.58. The molecule has 0 saturated heterocycles. The summed E-state index contributed by atoms with van der Waals surface area (Å²) in [6, 6.07) is 7.46. The van der Waals surface area contributed by atoms with Crippen molar-refractivity contribution in [1.29, 1.82) is 10.7 Å². The molecule has 2 unspecified atom stereocenters. The summed E-state index contributed by atoms with van der Waals surface area (Å²) in [6.45, 7) is 4.01. The predicted molar refractivity (Wildman–Crippen MR) is 95.2 cm³/mol. The van der Waals surface area contributed by atoms with Gasteiger partial charge in [0.1, 0.15) is 11.7 Å². The highest BCUT2D eigenvalue weighted by atomic mass is 16.5. The summed E-state index contributed by atoms with van der Waals surface area (Å²) in [5.74, 6) is 0.0715. The number of carbonyl (C=O) groups is 1. The van der Waals surface area contributed by atoms with Crippen LogP contribution in [0.4, 0.5) is 0 Å². The Morgan fingerprint density at radius 2 is 1.92 bits per heavy atom. The second kappa shape index (κ2) is 6.49. The summed E-state index contributed by atoms with van der Waals surface area (Å²) in [7, 11) is 3.08. The normalized spacial score (nSPS) is 24.4. The molecule has 0 amide bonds. The first-order valence-electron chi connectivity index (χ1n) is 8.45. The Morgan fingerprint density at radius 1 is 1.23 bits per heavy atom. The lowest BCUT2D eigenvalue weighted by Crippen LogP contribution is -2.38. The highest BCUT2D eigenvalue weighted by Gasteiger charge is 2.46. The van der Waals surface area contributed by atoms with E-state index in [0.717, 1.165) is 5.56 Å². The van der Waals surface area contributed by atoms with Crippen LogP contribution in [0.2, 0.25) is 0 Å². The second-order valence-corrected chi connectivity index (χ2v) is 7.44. The van der Waals surface area contributed by atoms with Crippen molar-refractivity contribution in [2.75, 3.05) is 14.2 Å². The summed E-state index contributed by atoms with van der Waals surface area (Å²) >= 11 is 0. The molecular formula is C20H22N2O4. The van der Waals surface area contributed by atoms with Gasteiger partial charge in [-0.1, -0.05) is 19.9 Å². The third-order valence-electron chi connectivity index (χ3n) is 4.94. The van der Waals surface area contributed by atoms with Crippen LogP contribution in [-0.4, -0.2) is 25.9 Å². The maximum atomic E-state index is 12.9. The van der Waals surface area contributed by atoms with Gasteiger partial charge in [0.2, 0.25) is 5.90 Å². The Balaban J connectivity index is 2.17. The number of hydrogen-bond acceptors (Lipinski definition) is 6. The molecule has 1 aromatic rings. The minimum atomic E-state index is -0.850. The molecule has 0 fully saturated rings. The molecule has 136 valence electrons. The smallest absolute Gasteiger partial charge is 0.205 e. The first-order chi connectivity index (χ1) is 12.3. The van der Waals surface area contributed by atoms with Crippen LogP contribution in [0.5, 0.6) is 11.5 Å². The molecule has 1 aliphatic carbocycles. The minimum absolute atomic E-state index is 0.0243. The Bertz CT molecular complexity index is 848. The summed E-state index contributed by atoms with van der Waals surface area (Å²) in [4.78, 5) is 12.9. The van der Waals surface area contributed by atoms with E-state index < -0.39 is 11.8 Å². The van der Waals surface area contributed by atoms with Gasteiger partial charge in [-0.3, -0.25) is 10.2 Å². The van der Waals surface area contributed by atoms with Crippen molar-refractivity contribution in [3.8, 4) is 17.6 Å². The molecule has 0 aromatic heterocycles. The molecule has 3 rings (SSSR count). The van der Waals surface area contributed by atoms with Gasteiger partial charge in [0.25, 0.3) is 0 Å². The van der Waals surface area contributed by atoms with Crippen LogP contribution in [0, 0.1) is 28.1 Å². The third-order valence-corrected chi connectivity index (χ3v) is 4.94. The number of ketones is 1. The summed E-state index contributed by atoms with van der Waals surface area (Å²) in [5.41, 5.74) is 1.03. The molecule has 1 heterocycles. The number of nitrogens with one attached hydrogen (secondary N) is 1. The zero-order valence-corrected chi connectivity index (χ0v) is 15.4. The lowest BCUT2D eigenvalue weighted by Gasteiger charge is -2.39. The van der Waals surface area contributed by atoms with Crippen LogP contribution in [0.25, 0.3) is 0 Å². The van der Waals surface area contributed by atoms with E-state index in [1.54, 1.807) is 19.2 Å². The number of Topliss-reactive ketones (excluding diaryl/α,β-unsaturated/α-hetero) is 1. The number of benzene rings is 1. The summed E-state index contributed by atoms with van der Waals surface area (Å²) in [6.07, 6.45) is 0.961. The van der Waals surface area contributed by atoms with Gasteiger partial charge in [0.15, 0.2) is 17.3 Å². The zero-order valence-electron chi connectivity index (χ0n) is 15.4. The van der Waals surface area contributed by atoms with Gasteiger partial charge in [0, 0.05) is 24.3 Å². The summed E-state index contributed by atoms with van der Waals surface area (Å²) < 4.78 is 16.3. The maximum Gasteiger partial charge on any atom is 0.205 e. The molecule has 6 nitrogen and oxygen atoms in total. The molecule has 1 N–H and O–H groups in total. The Hall–Kier alpha value is -2.81. The van der Waals surface area contributed by atoms with Gasteiger partial charge >= 0.3 is 0 Å². The first-order valence-corrected chi connectivity index (χ1v) is 8.45. The van der Waals surface area contributed by atoms with Crippen molar-refractivity contribution in [2.45, 2.75) is 32.6 Å². The number of rotatable bonds is 3.